The van der Waals surface area contributed by atoms with Crippen LogP contribution in [0.25, 0.3) is 0 Å². The number of anilines is 2. The molecule has 0 saturated heterocycles. The largest absolute Gasteiger partial charge is 0.468 e. The fourth-order valence-corrected chi connectivity index (χ4v) is 1.32. The summed E-state index contributed by atoms with van der Waals surface area (Å²) < 4.78 is 14.2. The van der Waals surface area contributed by atoms with Crippen molar-refractivity contribution in [1.82, 2.24) is 0 Å². The Balaban J connectivity index is 2.46. The lowest BCUT2D eigenvalue weighted by atomic mass is 10.3. The summed E-state index contributed by atoms with van der Waals surface area (Å²) in [5.74, 6) is -0.373. The normalized spacial score (nSPS) is 9.70. The summed E-state index contributed by atoms with van der Waals surface area (Å²) in [5, 5.41) is 5.44. The van der Waals surface area contributed by atoms with Crippen LogP contribution in [-0.2, 0) is 19.0 Å². The predicted octanol–water partition coefficient (Wildman–Crippen LogP) is 1.47. The molecule has 110 valence electrons. The number of nitrogens with one attached hydrogen (secondary N) is 2. The van der Waals surface area contributed by atoms with Gasteiger partial charge in [-0.3, -0.25) is 10.1 Å². The smallest absolute Gasteiger partial charge is 0.411 e. The zero-order valence-corrected chi connectivity index (χ0v) is 11.5. The second-order valence-electron chi connectivity index (χ2n) is 3.76. The first-order chi connectivity index (χ1) is 9.65. The van der Waals surface area contributed by atoms with E-state index < -0.39 is 6.09 Å². The van der Waals surface area contributed by atoms with E-state index in [4.69, 9.17) is 9.47 Å². The predicted molar refractivity (Wildman–Crippen MR) is 73.8 cm³/mol. The lowest BCUT2D eigenvalue weighted by molar-refractivity contribution is -0.138. The van der Waals surface area contributed by atoms with Crippen molar-refractivity contribution < 1.29 is 23.8 Å². The molecular weight excluding hydrogens is 264 g/mol. The molecule has 0 radical (unpaired) electrons. The summed E-state index contributed by atoms with van der Waals surface area (Å²) in [6, 6.07) is 6.90. The molecule has 0 aliphatic carbocycles. The van der Waals surface area contributed by atoms with Crippen molar-refractivity contribution in [3.63, 3.8) is 0 Å². The quantitative estimate of drug-likeness (QED) is 0.582. The highest BCUT2D eigenvalue weighted by Gasteiger charge is 2.04. The van der Waals surface area contributed by atoms with Crippen LogP contribution in [0.4, 0.5) is 16.2 Å². The molecule has 1 amide bonds. The van der Waals surface area contributed by atoms with Gasteiger partial charge in [0.1, 0.15) is 13.2 Å². The van der Waals surface area contributed by atoms with Crippen LogP contribution in [0.1, 0.15) is 0 Å². The number of benzene rings is 1. The highest BCUT2D eigenvalue weighted by Crippen LogP contribution is 2.15. The van der Waals surface area contributed by atoms with Gasteiger partial charge in [-0.15, -0.1) is 0 Å². The van der Waals surface area contributed by atoms with Gasteiger partial charge in [-0.05, 0) is 18.2 Å². The van der Waals surface area contributed by atoms with Crippen molar-refractivity contribution in [3.05, 3.63) is 24.3 Å². The number of amides is 1. The molecule has 1 rings (SSSR count). The number of rotatable bonds is 7. The van der Waals surface area contributed by atoms with Gasteiger partial charge in [-0.1, -0.05) is 6.07 Å². The molecule has 0 spiro atoms. The Hall–Kier alpha value is -2.28. The maximum Gasteiger partial charge on any atom is 0.411 e. The lowest BCUT2D eigenvalue weighted by Gasteiger charge is -2.09. The molecule has 7 heteroatoms. The van der Waals surface area contributed by atoms with Crippen LogP contribution in [0.3, 0.4) is 0 Å². The summed E-state index contributed by atoms with van der Waals surface area (Å²) in [4.78, 5) is 22.4. The third-order valence-electron chi connectivity index (χ3n) is 2.29. The van der Waals surface area contributed by atoms with Crippen molar-refractivity contribution in [1.29, 1.82) is 0 Å². The molecule has 0 unspecified atom stereocenters. The number of hydrogen-bond donors (Lipinski definition) is 2. The van der Waals surface area contributed by atoms with Crippen LogP contribution >= 0.6 is 0 Å². The van der Waals surface area contributed by atoms with Gasteiger partial charge in [-0.25, -0.2) is 4.79 Å². The van der Waals surface area contributed by atoms with E-state index in [1.54, 1.807) is 24.3 Å². The van der Waals surface area contributed by atoms with Crippen LogP contribution in [0.15, 0.2) is 24.3 Å². The van der Waals surface area contributed by atoms with E-state index in [0.29, 0.717) is 18.0 Å². The van der Waals surface area contributed by atoms with Crippen LogP contribution < -0.4 is 10.6 Å². The molecule has 0 atom stereocenters. The first-order valence-electron chi connectivity index (χ1n) is 5.99. The third-order valence-corrected chi connectivity index (χ3v) is 2.29. The van der Waals surface area contributed by atoms with E-state index in [1.807, 2.05) is 0 Å². The van der Waals surface area contributed by atoms with Gasteiger partial charge in [0.2, 0.25) is 0 Å². The summed E-state index contributed by atoms with van der Waals surface area (Å²) in [6.07, 6.45) is -0.563. The Labute approximate surface area is 117 Å². The topological polar surface area (TPSA) is 85.9 Å². The maximum atomic E-state index is 11.4. The van der Waals surface area contributed by atoms with Gasteiger partial charge in [0.25, 0.3) is 0 Å². The molecule has 2 N–H and O–H groups in total. The monoisotopic (exact) mass is 282 g/mol. The number of hydrogen-bond acceptors (Lipinski definition) is 6. The summed E-state index contributed by atoms with van der Waals surface area (Å²) in [6.45, 7) is 0.578. The highest BCUT2D eigenvalue weighted by molar-refractivity contribution is 5.85. The van der Waals surface area contributed by atoms with Gasteiger partial charge in [0, 0.05) is 18.5 Å². The fourth-order valence-electron chi connectivity index (χ4n) is 1.32. The Morgan fingerprint density at radius 2 is 1.90 bits per heavy atom. The molecular formula is C13H18N2O5. The summed E-state index contributed by atoms with van der Waals surface area (Å²) in [7, 11) is 2.84. The fraction of sp³-hybridized carbons (Fsp3) is 0.385. The molecule has 0 bridgehead atoms. The second-order valence-corrected chi connectivity index (χ2v) is 3.76. The average molecular weight is 282 g/mol. The lowest BCUT2D eigenvalue weighted by Crippen LogP contribution is -2.17. The van der Waals surface area contributed by atoms with Gasteiger partial charge in [0.15, 0.2) is 0 Å². The van der Waals surface area contributed by atoms with E-state index in [1.165, 1.54) is 14.2 Å². The zero-order valence-electron chi connectivity index (χ0n) is 11.5. The second kappa shape index (κ2) is 8.76. The molecule has 20 heavy (non-hydrogen) atoms. The molecule has 7 nitrogen and oxygen atoms in total. The summed E-state index contributed by atoms with van der Waals surface area (Å²) >= 11 is 0. The Morgan fingerprint density at radius 1 is 1.15 bits per heavy atom. The van der Waals surface area contributed by atoms with Gasteiger partial charge < -0.3 is 19.5 Å². The van der Waals surface area contributed by atoms with E-state index >= 15 is 0 Å². The first-order valence-corrected chi connectivity index (χ1v) is 5.99. The van der Waals surface area contributed by atoms with Gasteiger partial charge in [0.05, 0.1) is 13.7 Å². The Bertz CT molecular complexity index is 450. The molecule has 0 aliphatic heterocycles. The Morgan fingerprint density at radius 3 is 2.60 bits per heavy atom. The molecule has 0 aromatic heterocycles. The molecule has 0 saturated carbocycles. The minimum absolute atomic E-state index is 0.0538. The average Bonchev–Trinajstić information content (AvgIpc) is 2.45. The SMILES string of the molecule is COCCOC(=O)Nc1cccc(NCC(=O)OC)c1. The molecule has 0 heterocycles. The molecule has 0 aliphatic rings. The van der Waals surface area contributed by atoms with E-state index in [9.17, 15) is 9.59 Å². The minimum Gasteiger partial charge on any atom is -0.468 e. The maximum absolute atomic E-state index is 11.4. The molecule has 0 fully saturated rings. The number of carbonyl (C=O) groups is 2. The zero-order chi connectivity index (χ0) is 14.8. The van der Waals surface area contributed by atoms with E-state index in [2.05, 4.69) is 15.4 Å². The number of esters is 1. The van der Waals surface area contributed by atoms with Crippen LogP contribution in [0.2, 0.25) is 0 Å². The van der Waals surface area contributed by atoms with Crippen molar-refractivity contribution in [2.75, 3.05) is 44.6 Å². The van der Waals surface area contributed by atoms with Crippen molar-refractivity contribution in [2.45, 2.75) is 0 Å². The first kappa shape index (κ1) is 15.8. The standard InChI is InChI=1S/C13H18N2O5/c1-18-6-7-20-13(17)15-11-5-3-4-10(8-11)14-9-12(16)19-2/h3-5,8,14H,6-7,9H2,1-2H3,(H,15,17). The van der Waals surface area contributed by atoms with Crippen molar-refractivity contribution >= 4 is 23.4 Å². The highest BCUT2D eigenvalue weighted by atomic mass is 16.6. The Kier molecular flexibility index (Phi) is 6.91. The van der Waals surface area contributed by atoms with Crippen LogP contribution in [-0.4, -0.2) is 46.0 Å². The number of ether oxygens (including phenoxy) is 3. The molecule has 1 aromatic rings. The van der Waals surface area contributed by atoms with Gasteiger partial charge in [-0.2, -0.15) is 0 Å². The number of carbonyl (C=O) groups excluding carboxylic acids is 2. The van der Waals surface area contributed by atoms with Crippen molar-refractivity contribution in [3.8, 4) is 0 Å². The minimum atomic E-state index is -0.563. The van der Waals surface area contributed by atoms with E-state index in [-0.39, 0.29) is 19.1 Å². The van der Waals surface area contributed by atoms with Crippen LogP contribution in [0, 0.1) is 0 Å². The summed E-state index contributed by atoms with van der Waals surface area (Å²) in [5.41, 5.74) is 1.24. The molecule has 1 aromatic carbocycles. The van der Waals surface area contributed by atoms with Crippen molar-refractivity contribution in [2.24, 2.45) is 0 Å². The van der Waals surface area contributed by atoms with Crippen LogP contribution in [0.5, 0.6) is 0 Å². The third kappa shape index (κ3) is 6.05. The van der Waals surface area contributed by atoms with Gasteiger partial charge >= 0.3 is 12.1 Å². The number of methoxy groups -OCH3 is 2. The van der Waals surface area contributed by atoms with E-state index in [0.717, 1.165) is 0 Å².